The van der Waals surface area contributed by atoms with Gasteiger partial charge < -0.3 is 28.7 Å². The number of ether oxygens (including phenoxy) is 4. The molecule has 2 aromatic carbocycles. The van der Waals surface area contributed by atoms with Gasteiger partial charge in [0, 0.05) is 26.2 Å². The molecule has 2 aliphatic heterocycles. The van der Waals surface area contributed by atoms with Crippen molar-refractivity contribution in [3.05, 3.63) is 76.9 Å². The fourth-order valence-electron chi connectivity index (χ4n) is 7.40. The third kappa shape index (κ3) is 15.2. The zero-order valence-corrected chi connectivity index (χ0v) is 36.6. The maximum atomic E-state index is 13.6. The van der Waals surface area contributed by atoms with Crippen molar-refractivity contribution in [1.82, 2.24) is 9.80 Å². The molecule has 57 heavy (non-hydrogen) atoms. The summed E-state index contributed by atoms with van der Waals surface area (Å²) in [6.07, 6.45) is 6.61. The molecule has 0 bridgehead atoms. The van der Waals surface area contributed by atoms with E-state index in [0.29, 0.717) is 58.3 Å². The van der Waals surface area contributed by atoms with Crippen LogP contribution in [0.3, 0.4) is 0 Å². The Balaban J connectivity index is 1.44. The van der Waals surface area contributed by atoms with Gasteiger partial charge in [-0.3, -0.25) is 9.59 Å². The minimum atomic E-state index is -0.628. The highest BCUT2D eigenvalue weighted by atomic mass is 16.6. The third-order valence-corrected chi connectivity index (χ3v) is 9.83. The standard InChI is InChI=1S/C47H68N2O8/c1-44(2,3)54-40(50)38(36-22-24-48(30-36)42(52)56-46(7,8)9)28-34-20-14-18-32(26-34)16-13-17-33-19-15-21-35(27-33)29-39(41(51)55-45(4,5)6)37-23-25-49(31-37)43(53)57-47(10,11)12/h13-16,18-21,26-27,36-39H,17,22-25,28-31H2,1-12H3/b16-13+/t36-,37-,38-,39-/m0/s1. The molecule has 0 aromatic heterocycles. The molecule has 0 unspecified atom stereocenters. The van der Waals surface area contributed by atoms with Gasteiger partial charge in [0.1, 0.15) is 22.4 Å². The van der Waals surface area contributed by atoms with Crippen molar-refractivity contribution in [2.24, 2.45) is 23.7 Å². The van der Waals surface area contributed by atoms with Crippen LogP contribution in [0.15, 0.2) is 54.6 Å². The number of likely N-dealkylation sites (tertiary alicyclic amines) is 2. The number of esters is 2. The molecular formula is C47H68N2O8. The first-order chi connectivity index (χ1) is 26.3. The molecule has 0 N–H and O–H groups in total. The Morgan fingerprint density at radius 3 is 1.44 bits per heavy atom. The molecule has 314 valence electrons. The van der Waals surface area contributed by atoms with Crippen LogP contribution < -0.4 is 0 Å². The average molecular weight is 789 g/mol. The van der Waals surface area contributed by atoms with Crippen molar-refractivity contribution in [1.29, 1.82) is 0 Å². The van der Waals surface area contributed by atoms with Crippen molar-refractivity contribution >= 4 is 30.2 Å². The van der Waals surface area contributed by atoms with Gasteiger partial charge in [-0.2, -0.15) is 0 Å². The van der Waals surface area contributed by atoms with Crippen LogP contribution in [0.5, 0.6) is 0 Å². The Morgan fingerprint density at radius 2 is 1.00 bits per heavy atom. The van der Waals surface area contributed by atoms with E-state index in [2.05, 4.69) is 30.4 Å². The molecule has 2 saturated heterocycles. The fourth-order valence-corrected chi connectivity index (χ4v) is 7.40. The van der Waals surface area contributed by atoms with Crippen LogP contribution in [0.1, 0.15) is 118 Å². The Hall–Kier alpha value is -4.34. The van der Waals surface area contributed by atoms with Crippen LogP contribution in [0, 0.1) is 23.7 Å². The van der Waals surface area contributed by atoms with Gasteiger partial charge in [0.2, 0.25) is 0 Å². The van der Waals surface area contributed by atoms with Gasteiger partial charge >= 0.3 is 24.1 Å². The summed E-state index contributed by atoms with van der Waals surface area (Å²) in [5.74, 6) is -1.40. The van der Waals surface area contributed by atoms with Crippen molar-refractivity contribution in [3.63, 3.8) is 0 Å². The predicted octanol–water partition coefficient (Wildman–Crippen LogP) is 9.46. The van der Waals surface area contributed by atoms with E-state index in [1.54, 1.807) is 9.80 Å². The fraction of sp³-hybridized carbons (Fsp3) is 0.617. The smallest absolute Gasteiger partial charge is 0.410 e. The molecule has 0 aliphatic carbocycles. The topological polar surface area (TPSA) is 112 Å². The van der Waals surface area contributed by atoms with Gasteiger partial charge in [0.15, 0.2) is 0 Å². The number of allylic oxidation sites excluding steroid dienone is 1. The van der Waals surface area contributed by atoms with E-state index in [9.17, 15) is 19.2 Å². The number of benzene rings is 2. The van der Waals surface area contributed by atoms with Crippen LogP contribution in [-0.4, -0.2) is 82.5 Å². The summed E-state index contributed by atoms with van der Waals surface area (Å²) < 4.78 is 23.0. The summed E-state index contributed by atoms with van der Waals surface area (Å²) >= 11 is 0. The quantitative estimate of drug-likeness (QED) is 0.164. The van der Waals surface area contributed by atoms with E-state index in [1.165, 1.54) is 0 Å². The molecule has 0 radical (unpaired) electrons. The second-order valence-corrected chi connectivity index (χ2v) is 19.8. The summed E-state index contributed by atoms with van der Waals surface area (Å²) in [6.45, 7) is 24.4. The SMILES string of the molecule is CC(C)(C)OC(=O)[C@@H](Cc1cccc(/C=C/Cc2cccc(C[C@H](C(=O)OC(C)(C)C)[C@H]3CCN(C(=O)OC(C)(C)C)C3)c2)c1)[C@H]1CCN(C(=O)OC(C)(C)C)C1. The van der Waals surface area contributed by atoms with Crippen LogP contribution in [0.2, 0.25) is 0 Å². The number of hydrogen-bond acceptors (Lipinski definition) is 8. The van der Waals surface area contributed by atoms with Crippen molar-refractivity contribution < 1.29 is 38.1 Å². The zero-order valence-electron chi connectivity index (χ0n) is 36.6. The molecule has 0 saturated carbocycles. The molecule has 2 heterocycles. The Kier molecular flexibility index (Phi) is 14.7. The zero-order chi connectivity index (χ0) is 42.3. The molecule has 10 heteroatoms. The van der Waals surface area contributed by atoms with Crippen LogP contribution in [0.25, 0.3) is 6.08 Å². The predicted molar refractivity (Wildman–Crippen MR) is 224 cm³/mol. The van der Waals surface area contributed by atoms with E-state index < -0.39 is 34.2 Å². The van der Waals surface area contributed by atoms with E-state index >= 15 is 0 Å². The summed E-state index contributed by atoms with van der Waals surface area (Å²) in [4.78, 5) is 56.3. The highest BCUT2D eigenvalue weighted by molar-refractivity contribution is 5.75. The first-order valence-corrected chi connectivity index (χ1v) is 20.6. The second kappa shape index (κ2) is 18.5. The highest BCUT2D eigenvalue weighted by Gasteiger charge is 2.40. The molecule has 2 aliphatic rings. The lowest BCUT2D eigenvalue weighted by Gasteiger charge is -2.28. The maximum absolute atomic E-state index is 13.6. The maximum Gasteiger partial charge on any atom is 0.410 e. The Labute approximate surface area is 341 Å². The third-order valence-electron chi connectivity index (χ3n) is 9.83. The van der Waals surface area contributed by atoms with Gasteiger partial charge in [-0.15, -0.1) is 0 Å². The van der Waals surface area contributed by atoms with Gasteiger partial charge in [0.05, 0.1) is 11.8 Å². The summed E-state index contributed by atoms with van der Waals surface area (Å²) in [7, 11) is 0. The van der Waals surface area contributed by atoms with Crippen molar-refractivity contribution in [2.45, 2.75) is 138 Å². The van der Waals surface area contributed by atoms with Crippen LogP contribution in [-0.2, 0) is 47.8 Å². The number of nitrogens with zero attached hydrogens (tertiary/aromatic N) is 2. The molecule has 4 atom stereocenters. The van der Waals surface area contributed by atoms with Gasteiger partial charge in [-0.05, 0) is 149 Å². The summed E-state index contributed by atoms with van der Waals surface area (Å²) in [5.41, 5.74) is 1.77. The van der Waals surface area contributed by atoms with Crippen molar-refractivity contribution in [2.75, 3.05) is 26.2 Å². The lowest BCUT2D eigenvalue weighted by atomic mass is 9.85. The molecule has 10 nitrogen and oxygen atoms in total. The van der Waals surface area contributed by atoms with E-state index in [-0.39, 0.29) is 36.0 Å². The van der Waals surface area contributed by atoms with Gasteiger partial charge in [0.25, 0.3) is 0 Å². The van der Waals surface area contributed by atoms with Crippen LogP contribution in [0.4, 0.5) is 9.59 Å². The number of carbonyl (C=O) groups excluding carboxylic acids is 4. The average Bonchev–Trinajstić information content (AvgIpc) is 3.75. The number of hydrogen-bond donors (Lipinski definition) is 0. The Morgan fingerprint density at radius 1 is 0.596 bits per heavy atom. The van der Waals surface area contributed by atoms with E-state index in [0.717, 1.165) is 22.3 Å². The van der Waals surface area contributed by atoms with E-state index in [1.807, 2.05) is 113 Å². The molecule has 2 fully saturated rings. The largest absolute Gasteiger partial charge is 0.460 e. The van der Waals surface area contributed by atoms with Crippen molar-refractivity contribution in [3.8, 4) is 0 Å². The summed E-state index contributed by atoms with van der Waals surface area (Å²) in [5, 5.41) is 0. The normalized spacial score (nSPS) is 19.0. The van der Waals surface area contributed by atoms with Gasteiger partial charge in [-0.25, -0.2) is 9.59 Å². The molecular weight excluding hydrogens is 721 g/mol. The highest BCUT2D eigenvalue weighted by Crippen LogP contribution is 2.33. The lowest BCUT2D eigenvalue weighted by Crippen LogP contribution is -2.38. The first-order valence-electron chi connectivity index (χ1n) is 20.6. The summed E-state index contributed by atoms with van der Waals surface area (Å²) in [6, 6.07) is 16.5. The molecule has 4 rings (SSSR count). The Bertz CT molecular complexity index is 1740. The molecule has 2 amide bonds. The number of carbonyl (C=O) groups is 4. The molecule has 0 spiro atoms. The second-order valence-electron chi connectivity index (χ2n) is 19.8. The minimum absolute atomic E-state index is 0.0457. The minimum Gasteiger partial charge on any atom is -0.460 e. The first kappa shape index (κ1) is 45.4. The monoisotopic (exact) mass is 788 g/mol. The van der Waals surface area contributed by atoms with E-state index in [4.69, 9.17) is 18.9 Å². The van der Waals surface area contributed by atoms with Crippen LogP contribution >= 0.6 is 0 Å². The lowest BCUT2D eigenvalue weighted by molar-refractivity contribution is -0.163. The number of amides is 2. The van der Waals surface area contributed by atoms with Gasteiger partial charge in [-0.1, -0.05) is 60.7 Å². The molecule has 2 aromatic rings. The number of rotatable bonds is 11.